The maximum atomic E-state index is 13.5. The molecular formula is C27H31N5O3. The van der Waals surface area contributed by atoms with Crippen molar-refractivity contribution >= 4 is 22.8 Å². The molecule has 2 saturated carbocycles. The largest absolute Gasteiger partial charge is 0.493 e. The first-order valence-corrected chi connectivity index (χ1v) is 12.5. The standard InChI is InChI=1S/C27H31N5O3/c1-15-4-7-20(35-12-18-5-6-18)19(10-15)23-25-24(29-14-28-23)22(16(2)30-25)26(34)31-21-11-32(17(3)33)13-27(21)8-9-27/h4,7,10,14,18,21,30H,5-6,8-9,11-13H2,1-3H3,(H,31,34). The van der Waals surface area contributed by atoms with Gasteiger partial charge in [-0.2, -0.15) is 0 Å². The SMILES string of the molecule is CC(=O)N1CC(NC(=O)c2c(C)[nH]c3c(-c4cc(C)ccc4OCC4CC4)ncnc23)C2(CC2)C1. The van der Waals surface area contributed by atoms with Crippen molar-refractivity contribution in [2.45, 2.75) is 52.5 Å². The van der Waals surface area contributed by atoms with Crippen LogP contribution in [0.5, 0.6) is 5.75 Å². The molecule has 8 nitrogen and oxygen atoms in total. The number of carbonyl (C=O) groups is 2. The van der Waals surface area contributed by atoms with Gasteiger partial charge in [0.1, 0.15) is 23.3 Å². The Hall–Kier alpha value is -3.42. The van der Waals surface area contributed by atoms with Crippen LogP contribution in [0.4, 0.5) is 0 Å². The van der Waals surface area contributed by atoms with Gasteiger partial charge in [0.2, 0.25) is 5.91 Å². The Labute approximate surface area is 204 Å². The number of H-pyrrole nitrogens is 1. The number of nitrogens with one attached hydrogen (secondary N) is 2. The summed E-state index contributed by atoms with van der Waals surface area (Å²) in [6, 6.07) is 6.08. The predicted octanol–water partition coefficient (Wildman–Crippen LogP) is 3.77. The van der Waals surface area contributed by atoms with Gasteiger partial charge in [-0.3, -0.25) is 9.59 Å². The van der Waals surface area contributed by atoms with Crippen molar-refractivity contribution in [3.05, 3.63) is 41.3 Å². The Morgan fingerprint density at radius 3 is 2.74 bits per heavy atom. The van der Waals surface area contributed by atoms with Crippen molar-refractivity contribution in [2.24, 2.45) is 11.3 Å². The van der Waals surface area contributed by atoms with E-state index in [1.54, 1.807) is 6.92 Å². The van der Waals surface area contributed by atoms with Crippen LogP contribution < -0.4 is 10.1 Å². The monoisotopic (exact) mass is 473 g/mol. The van der Waals surface area contributed by atoms with Crippen LogP contribution in [0.15, 0.2) is 24.5 Å². The fourth-order valence-corrected chi connectivity index (χ4v) is 5.36. The number of rotatable bonds is 6. The van der Waals surface area contributed by atoms with Gasteiger partial charge in [-0.1, -0.05) is 11.6 Å². The van der Waals surface area contributed by atoms with Gasteiger partial charge in [-0.15, -0.1) is 0 Å². The summed E-state index contributed by atoms with van der Waals surface area (Å²) in [6.07, 6.45) is 6.04. The average molecular weight is 474 g/mol. The molecule has 8 heteroatoms. The third-order valence-corrected chi connectivity index (χ3v) is 7.85. The van der Waals surface area contributed by atoms with E-state index in [4.69, 9.17) is 4.74 Å². The third kappa shape index (κ3) is 3.94. The average Bonchev–Trinajstić information content (AvgIpc) is 3.73. The molecule has 35 heavy (non-hydrogen) atoms. The van der Waals surface area contributed by atoms with Crippen molar-refractivity contribution in [1.29, 1.82) is 0 Å². The molecule has 2 aliphatic carbocycles. The van der Waals surface area contributed by atoms with Crippen LogP contribution in [0.3, 0.4) is 0 Å². The molecule has 3 aliphatic rings. The molecule has 182 valence electrons. The number of likely N-dealkylation sites (tertiary alicyclic amines) is 1. The van der Waals surface area contributed by atoms with Gasteiger partial charge < -0.3 is 19.9 Å². The second-order valence-electron chi connectivity index (χ2n) is 10.6. The van der Waals surface area contributed by atoms with Gasteiger partial charge in [0.15, 0.2) is 0 Å². The predicted molar refractivity (Wildman–Crippen MR) is 132 cm³/mol. The van der Waals surface area contributed by atoms with E-state index in [0.29, 0.717) is 30.1 Å². The number of fused-ring (bicyclic) bond motifs is 1. The lowest BCUT2D eigenvalue weighted by atomic mass is 10.00. The van der Waals surface area contributed by atoms with Crippen LogP contribution >= 0.6 is 0 Å². The number of aryl methyl sites for hydroxylation is 2. The summed E-state index contributed by atoms with van der Waals surface area (Å²) in [6.45, 7) is 7.53. The zero-order valence-electron chi connectivity index (χ0n) is 20.5. The Morgan fingerprint density at radius 2 is 2.03 bits per heavy atom. The highest BCUT2D eigenvalue weighted by Crippen LogP contribution is 2.53. The molecular weight excluding hydrogens is 442 g/mol. The summed E-state index contributed by atoms with van der Waals surface area (Å²) in [5, 5.41) is 3.23. The first-order valence-electron chi connectivity index (χ1n) is 12.5. The second kappa shape index (κ2) is 8.07. The number of aromatic nitrogens is 3. The smallest absolute Gasteiger partial charge is 0.255 e. The molecule has 2 N–H and O–H groups in total. The number of amides is 2. The Bertz CT molecular complexity index is 1340. The van der Waals surface area contributed by atoms with E-state index in [-0.39, 0.29) is 23.3 Å². The summed E-state index contributed by atoms with van der Waals surface area (Å²) < 4.78 is 6.17. The molecule has 2 amide bonds. The lowest BCUT2D eigenvalue weighted by Crippen LogP contribution is -2.41. The van der Waals surface area contributed by atoms with Gasteiger partial charge in [-0.25, -0.2) is 9.97 Å². The van der Waals surface area contributed by atoms with E-state index in [1.807, 2.05) is 30.9 Å². The summed E-state index contributed by atoms with van der Waals surface area (Å²) in [5.41, 5.74) is 5.38. The van der Waals surface area contributed by atoms with E-state index in [0.717, 1.165) is 53.2 Å². The minimum absolute atomic E-state index is 0.0247. The molecule has 3 heterocycles. The summed E-state index contributed by atoms with van der Waals surface area (Å²) in [7, 11) is 0. The molecule has 1 aromatic carbocycles. The van der Waals surface area contributed by atoms with Crippen molar-refractivity contribution in [2.75, 3.05) is 19.7 Å². The van der Waals surface area contributed by atoms with E-state index in [1.165, 1.54) is 19.2 Å². The minimum Gasteiger partial charge on any atom is -0.493 e. The van der Waals surface area contributed by atoms with Crippen molar-refractivity contribution in [1.82, 2.24) is 25.2 Å². The molecule has 1 unspecified atom stereocenters. The van der Waals surface area contributed by atoms with E-state index in [2.05, 4.69) is 26.3 Å². The molecule has 3 fully saturated rings. The van der Waals surface area contributed by atoms with Crippen LogP contribution in [0, 0.1) is 25.2 Å². The van der Waals surface area contributed by atoms with Gasteiger partial charge >= 0.3 is 0 Å². The van der Waals surface area contributed by atoms with Gasteiger partial charge in [0, 0.05) is 36.7 Å². The Morgan fingerprint density at radius 1 is 1.23 bits per heavy atom. The lowest BCUT2D eigenvalue weighted by molar-refractivity contribution is -0.128. The highest BCUT2D eigenvalue weighted by Gasteiger charge is 2.56. The lowest BCUT2D eigenvalue weighted by Gasteiger charge is -2.18. The van der Waals surface area contributed by atoms with Crippen molar-refractivity contribution in [3.63, 3.8) is 0 Å². The van der Waals surface area contributed by atoms with Crippen LogP contribution in [0.2, 0.25) is 0 Å². The zero-order valence-corrected chi connectivity index (χ0v) is 20.5. The fraction of sp³-hybridized carbons (Fsp3) is 0.481. The summed E-state index contributed by atoms with van der Waals surface area (Å²) in [5.74, 6) is 1.34. The minimum atomic E-state index is -0.158. The van der Waals surface area contributed by atoms with Crippen LogP contribution in [0.1, 0.15) is 54.2 Å². The highest BCUT2D eigenvalue weighted by atomic mass is 16.5. The second-order valence-corrected chi connectivity index (χ2v) is 10.6. The molecule has 1 atom stereocenters. The number of carbonyl (C=O) groups excluding carboxylic acids is 2. The number of hydrogen-bond acceptors (Lipinski definition) is 5. The van der Waals surface area contributed by atoms with Crippen LogP contribution in [-0.4, -0.2) is 57.4 Å². The first kappa shape index (κ1) is 22.1. The van der Waals surface area contributed by atoms with Gasteiger partial charge in [-0.05, 0) is 57.6 Å². The molecule has 6 rings (SSSR count). The molecule has 3 aromatic rings. The number of benzene rings is 1. The first-order chi connectivity index (χ1) is 16.8. The van der Waals surface area contributed by atoms with Crippen LogP contribution in [0.25, 0.3) is 22.3 Å². The summed E-state index contributed by atoms with van der Waals surface area (Å²) >= 11 is 0. The summed E-state index contributed by atoms with van der Waals surface area (Å²) in [4.78, 5) is 39.8. The van der Waals surface area contributed by atoms with E-state index < -0.39 is 0 Å². The number of ether oxygens (including phenoxy) is 1. The van der Waals surface area contributed by atoms with Crippen LogP contribution in [-0.2, 0) is 4.79 Å². The number of aromatic amines is 1. The molecule has 1 saturated heterocycles. The fourth-order valence-electron chi connectivity index (χ4n) is 5.36. The van der Waals surface area contributed by atoms with E-state index in [9.17, 15) is 9.59 Å². The zero-order chi connectivity index (χ0) is 24.3. The molecule has 2 aromatic heterocycles. The third-order valence-electron chi connectivity index (χ3n) is 7.85. The Kier molecular flexibility index (Phi) is 5.09. The molecule has 1 spiro atoms. The van der Waals surface area contributed by atoms with E-state index >= 15 is 0 Å². The topological polar surface area (TPSA) is 100 Å². The van der Waals surface area contributed by atoms with Gasteiger partial charge in [0.05, 0.1) is 23.7 Å². The quantitative estimate of drug-likeness (QED) is 0.568. The van der Waals surface area contributed by atoms with Gasteiger partial charge in [0.25, 0.3) is 5.91 Å². The highest BCUT2D eigenvalue weighted by molar-refractivity contribution is 6.09. The van der Waals surface area contributed by atoms with Crippen molar-refractivity contribution < 1.29 is 14.3 Å². The molecule has 1 aliphatic heterocycles. The maximum absolute atomic E-state index is 13.5. The van der Waals surface area contributed by atoms with Crippen molar-refractivity contribution in [3.8, 4) is 17.0 Å². The maximum Gasteiger partial charge on any atom is 0.255 e. The Balaban J connectivity index is 1.34. The normalized spacial score (nSPS) is 20.4. The number of hydrogen-bond donors (Lipinski definition) is 2. The molecule has 0 radical (unpaired) electrons. The molecule has 0 bridgehead atoms. The number of nitrogens with zero attached hydrogens (tertiary/aromatic N) is 3.